The Bertz CT molecular complexity index is 1030. The van der Waals surface area contributed by atoms with Gasteiger partial charge in [-0.25, -0.2) is 18.4 Å². The average molecular weight is 385 g/mol. The van der Waals surface area contributed by atoms with Crippen LogP contribution in [0.2, 0.25) is 0 Å². The Kier molecular flexibility index (Phi) is 5.60. The quantitative estimate of drug-likeness (QED) is 0.582. The Balaban J connectivity index is 1.58. The smallest absolute Gasteiger partial charge is 0.175 e. The van der Waals surface area contributed by atoms with E-state index in [1.165, 1.54) is 6.26 Å². The molecule has 0 amide bonds. The third-order valence-corrected chi connectivity index (χ3v) is 5.50. The Hall–Kier alpha value is -2.67. The van der Waals surface area contributed by atoms with Crippen LogP contribution in [-0.2, 0) is 9.84 Å². The van der Waals surface area contributed by atoms with Crippen molar-refractivity contribution in [3.05, 3.63) is 54.4 Å². The van der Waals surface area contributed by atoms with Gasteiger partial charge in [-0.1, -0.05) is 12.1 Å². The molecule has 0 fully saturated rings. The highest BCUT2D eigenvalue weighted by molar-refractivity contribution is 7.90. The van der Waals surface area contributed by atoms with E-state index in [-0.39, 0.29) is 0 Å². The molecule has 3 aromatic rings. The second-order valence-corrected chi connectivity index (χ2v) is 8.55. The third kappa shape index (κ3) is 4.54. The van der Waals surface area contributed by atoms with Gasteiger partial charge in [0.1, 0.15) is 17.9 Å². The normalized spacial score (nSPS) is 11.5. The lowest BCUT2D eigenvalue weighted by Crippen LogP contribution is -2.22. The van der Waals surface area contributed by atoms with Gasteiger partial charge in [0.05, 0.1) is 17.0 Å². The van der Waals surface area contributed by atoms with E-state index in [1.54, 1.807) is 30.6 Å². The highest BCUT2D eigenvalue weighted by Crippen LogP contribution is 2.25. The molecule has 0 bridgehead atoms. The first-order chi connectivity index (χ1) is 12.9. The van der Waals surface area contributed by atoms with Gasteiger partial charge in [0.15, 0.2) is 9.84 Å². The second kappa shape index (κ2) is 7.92. The van der Waals surface area contributed by atoms with Crippen molar-refractivity contribution in [1.29, 1.82) is 0 Å². The predicted octanol–water partition coefficient (Wildman–Crippen LogP) is 3.25. The van der Waals surface area contributed by atoms with Crippen LogP contribution in [0.4, 0.5) is 5.82 Å². The number of benzene rings is 2. The molecule has 0 unspecified atom stereocenters. The van der Waals surface area contributed by atoms with Crippen LogP contribution in [-0.4, -0.2) is 44.8 Å². The number of anilines is 1. The summed E-state index contributed by atoms with van der Waals surface area (Å²) in [5.41, 5.74) is 2.09. The largest absolute Gasteiger partial charge is 0.494 e. The number of aromatic nitrogens is 2. The maximum atomic E-state index is 11.5. The lowest BCUT2D eigenvalue weighted by molar-refractivity contribution is 0.312. The van der Waals surface area contributed by atoms with Gasteiger partial charge >= 0.3 is 0 Å². The number of nitrogens with zero attached hydrogens (tertiary/aromatic N) is 3. The predicted molar refractivity (Wildman–Crippen MR) is 107 cm³/mol. The van der Waals surface area contributed by atoms with Gasteiger partial charge in [0.2, 0.25) is 0 Å². The molecule has 0 aliphatic heterocycles. The third-order valence-electron chi connectivity index (χ3n) is 4.37. The van der Waals surface area contributed by atoms with Crippen molar-refractivity contribution in [3.8, 4) is 5.75 Å². The molecule has 142 valence electrons. The molecule has 1 aromatic heterocycles. The van der Waals surface area contributed by atoms with Crippen LogP contribution < -0.4 is 9.64 Å². The van der Waals surface area contributed by atoms with E-state index in [1.807, 2.05) is 19.2 Å². The molecule has 27 heavy (non-hydrogen) atoms. The summed E-state index contributed by atoms with van der Waals surface area (Å²) in [7, 11) is -1.17. The number of fused-ring (bicyclic) bond motifs is 1. The zero-order valence-electron chi connectivity index (χ0n) is 15.7. The first kappa shape index (κ1) is 19.1. The zero-order valence-corrected chi connectivity index (χ0v) is 16.5. The molecule has 3 rings (SSSR count). The Morgan fingerprint density at radius 1 is 1.07 bits per heavy atom. The molecule has 0 saturated heterocycles. The SMILES string of the molecule is Cc1cccc2ncnc(N(C)CCCOc3ccc(S(C)(=O)=O)cc3)c12. The van der Waals surface area contributed by atoms with Crippen LogP contribution in [0.1, 0.15) is 12.0 Å². The molecule has 0 spiro atoms. The van der Waals surface area contributed by atoms with Crippen molar-refractivity contribution < 1.29 is 13.2 Å². The van der Waals surface area contributed by atoms with Crippen molar-refractivity contribution in [2.24, 2.45) is 0 Å². The standard InChI is InChI=1S/C20H23N3O3S/c1-15-6-4-7-18-19(15)20(22-14-21-18)23(2)12-5-13-26-16-8-10-17(11-9-16)27(3,24)25/h4,6-11,14H,5,12-13H2,1-3H3. The number of sulfone groups is 1. The molecule has 0 aliphatic rings. The van der Waals surface area contributed by atoms with Gasteiger partial charge in [0, 0.05) is 25.2 Å². The van der Waals surface area contributed by atoms with E-state index in [0.717, 1.165) is 35.2 Å². The number of hydrogen-bond acceptors (Lipinski definition) is 6. The fraction of sp³-hybridized carbons (Fsp3) is 0.300. The molecule has 7 heteroatoms. The fourth-order valence-corrected chi connectivity index (χ4v) is 3.56. The van der Waals surface area contributed by atoms with Crippen LogP contribution >= 0.6 is 0 Å². The van der Waals surface area contributed by atoms with Crippen molar-refractivity contribution in [1.82, 2.24) is 9.97 Å². The van der Waals surface area contributed by atoms with Gasteiger partial charge in [-0.2, -0.15) is 0 Å². The Morgan fingerprint density at radius 2 is 1.81 bits per heavy atom. The number of aryl methyl sites for hydroxylation is 1. The van der Waals surface area contributed by atoms with E-state index in [4.69, 9.17) is 4.74 Å². The van der Waals surface area contributed by atoms with Gasteiger partial charge in [-0.15, -0.1) is 0 Å². The second-order valence-electron chi connectivity index (χ2n) is 6.53. The summed E-state index contributed by atoms with van der Waals surface area (Å²) < 4.78 is 28.7. The summed E-state index contributed by atoms with van der Waals surface area (Å²) in [4.78, 5) is 11.2. The van der Waals surface area contributed by atoms with Gasteiger partial charge in [-0.3, -0.25) is 0 Å². The first-order valence-electron chi connectivity index (χ1n) is 8.70. The van der Waals surface area contributed by atoms with Gasteiger partial charge in [-0.05, 0) is 49.2 Å². The van der Waals surface area contributed by atoms with E-state index < -0.39 is 9.84 Å². The van der Waals surface area contributed by atoms with Crippen LogP contribution in [0.15, 0.2) is 53.7 Å². The lowest BCUT2D eigenvalue weighted by atomic mass is 10.1. The summed E-state index contributed by atoms with van der Waals surface area (Å²) in [5, 5.41) is 1.07. The van der Waals surface area contributed by atoms with Crippen LogP contribution in [0, 0.1) is 6.92 Å². The summed E-state index contributed by atoms with van der Waals surface area (Å²) in [6, 6.07) is 12.5. The molecule has 0 N–H and O–H groups in total. The van der Waals surface area contributed by atoms with Gasteiger partial charge in [0.25, 0.3) is 0 Å². The maximum absolute atomic E-state index is 11.5. The Morgan fingerprint density at radius 3 is 2.52 bits per heavy atom. The summed E-state index contributed by atoms with van der Waals surface area (Å²) >= 11 is 0. The number of ether oxygens (including phenoxy) is 1. The van der Waals surface area contributed by atoms with Gasteiger partial charge < -0.3 is 9.64 Å². The molecule has 0 atom stereocenters. The van der Waals surface area contributed by atoms with E-state index in [9.17, 15) is 8.42 Å². The van der Waals surface area contributed by atoms with Crippen molar-refractivity contribution in [2.45, 2.75) is 18.2 Å². The molecular weight excluding hydrogens is 362 g/mol. The van der Waals surface area contributed by atoms with Crippen LogP contribution in [0.3, 0.4) is 0 Å². The molecule has 2 aromatic carbocycles. The monoisotopic (exact) mass is 385 g/mol. The molecular formula is C20H23N3O3S. The molecule has 6 nitrogen and oxygen atoms in total. The summed E-state index contributed by atoms with van der Waals surface area (Å²) in [6.07, 6.45) is 3.59. The minimum Gasteiger partial charge on any atom is -0.494 e. The van der Waals surface area contributed by atoms with Crippen molar-refractivity contribution >= 4 is 26.6 Å². The number of rotatable bonds is 7. The summed E-state index contributed by atoms with van der Waals surface area (Å²) in [6.45, 7) is 3.37. The first-order valence-corrected chi connectivity index (χ1v) is 10.6. The topological polar surface area (TPSA) is 72.4 Å². The Labute approximate surface area is 159 Å². The van der Waals surface area contributed by atoms with Crippen LogP contribution in [0.5, 0.6) is 5.75 Å². The van der Waals surface area contributed by atoms with Crippen LogP contribution in [0.25, 0.3) is 10.9 Å². The van der Waals surface area contributed by atoms with Crippen molar-refractivity contribution in [3.63, 3.8) is 0 Å². The highest BCUT2D eigenvalue weighted by atomic mass is 32.2. The minimum atomic E-state index is -3.18. The molecule has 0 radical (unpaired) electrons. The minimum absolute atomic E-state index is 0.292. The molecule has 0 aliphatic carbocycles. The fourth-order valence-electron chi connectivity index (χ4n) is 2.93. The molecule has 1 heterocycles. The van der Waals surface area contributed by atoms with Crippen molar-refractivity contribution in [2.75, 3.05) is 31.4 Å². The van der Waals surface area contributed by atoms with E-state index in [2.05, 4.69) is 27.9 Å². The molecule has 0 saturated carbocycles. The number of hydrogen-bond donors (Lipinski definition) is 0. The lowest BCUT2D eigenvalue weighted by Gasteiger charge is -2.20. The van der Waals surface area contributed by atoms with E-state index in [0.29, 0.717) is 17.3 Å². The summed E-state index contributed by atoms with van der Waals surface area (Å²) in [5.74, 6) is 1.57. The maximum Gasteiger partial charge on any atom is 0.175 e. The highest BCUT2D eigenvalue weighted by Gasteiger charge is 2.11. The average Bonchev–Trinajstić information content (AvgIpc) is 2.64. The van der Waals surface area contributed by atoms with E-state index >= 15 is 0 Å². The zero-order chi connectivity index (χ0) is 19.4.